The molecule has 0 bridgehead atoms. The number of carbonyl (C=O) groups excluding carboxylic acids is 1. The molecule has 6 rings (SSSR count). The van der Waals surface area contributed by atoms with E-state index in [2.05, 4.69) is 89.4 Å². The molecule has 0 saturated heterocycles. The summed E-state index contributed by atoms with van der Waals surface area (Å²) in [6, 6.07) is 22.2. The monoisotopic (exact) mass is 616 g/mol. The zero-order valence-electron chi connectivity index (χ0n) is 27.9. The fourth-order valence-electron chi connectivity index (χ4n) is 7.01. The van der Waals surface area contributed by atoms with Gasteiger partial charge in [0.2, 0.25) is 0 Å². The highest BCUT2D eigenvalue weighted by Gasteiger charge is 2.56. The number of hydrogen-bond donors (Lipinski definition) is 3. The molecule has 4 aromatic rings. The van der Waals surface area contributed by atoms with Crippen LogP contribution in [-0.4, -0.2) is 48.3 Å². The minimum Gasteiger partial charge on any atom is -0.507 e. The van der Waals surface area contributed by atoms with E-state index in [0.29, 0.717) is 24.2 Å². The smallest absolute Gasteiger partial charge is 0.255 e. The number of nitrogens with one attached hydrogen (secondary N) is 2. The van der Waals surface area contributed by atoms with E-state index >= 15 is 0 Å². The van der Waals surface area contributed by atoms with Gasteiger partial charge in [-0.15, -0.1) is 0 Å². The molecule has 0 fully saturated rings. The summed E-state index contributed by atoms with van der Waals surface area (Å²) in [5.41, 5.74) is 8.09. The van der Waals surface area contributed by atoms with Crippen LogP contribution in [0.4, 0.5) is 11.4 Å². The molecule has 2 heterocycles. The number of nitrogens with zero attached hydrogens (tertiary/aromatic N) is 2. The number of aliphatic imine (C=N–C) groups is 1. The lowest BCUT2D eigenvalue weighted by Gasteiger charge is -2.44. The lowest BCUT2D eigenvalue weighted by molar-refractivity contribution is 0.0673. The van der Waals surface area contributed by atoms with Gasteiger partial charge in [0.1, 0.15) is 22.8 Å². The van der Waals surface area contributed by atoms with Crippen molar-refractivity contribution >= 4 is 23.5 Å². The van der Waals surface area contributed by atoms with E-state index in [-0.39, 0.29) is 17.1 Å². The van der Waals surface area contributed by atoms with Gasteiger partial charge in [0, 0.05) is 71.6 Å². The van der Waals surface area contributed by atoms with Crippen molar-refractivity contribution in [2.75, 3.05) is 36.8 Å². The predicted molar refractivity (Wildman–Crippen MR) is 187 cm³/mol. The first-order chi connectivity index (χ1) is 22.0. The maximum atomic E-state index is 14.4. The summed E-state index contributed by atoms with van der Waals surface area (Å²) >= 11 is 0. The van der Waals surface area contributed by atoms with Crippen LogP contribution < -0.4 is 15.4 Å². The van der Waals surface area contributed by atoms with Gasteiger partial charge in [0.15, 0.2) is 0 Å². The van der Waals surface area contributed by atoms with E-state index in [1.807, 2.05) is 41.3 Å². The number of hydrogen-bond acceptors (Lipinski definition) is 6. The molecule has 2 aliphatic rings. The van der Waals surface area contributed by atoms with Crippen LogP contribution in [0.5, 0.6) is 17.2 Å². The van der Waals surface area contributed by atoms with Gasteiger partial charge >= 0.3 is 0 Å². The van der Waals surface area contributed by atoms with E-state index in [1.54, 1.807) is 6.21 Å². The molecule has 46 heavy (non-hydrogen) atoms. The predicted octanol–water partition coefficient (Wildman–Crippen LogP) is 8.14. The molecule has 7 nitrogen and oxygen atoms in total. The fraction of sp³-hybridized carbons (Fsp3) is 0.333. The van der Waals surface area contributed by atoms with Crippen LogP contribution >= 0.6 is 0 Å². The summed E-state index contributed by atoms with van der Waals surface area (Å²) in [5.74, 6) is 1.65. The van der Waals surface area contributed by atoms with Gasteiger partial charge in [-0.25, -0.2) is 0 Å². The van der Waals surface area contributed by atoms with E-state index in [4.69, 9.17) is 9.73 Å². The molecule has 0 unspecified atom stereocenters. The number of aromatic hydroxyl groups is 1. The number of anilines is 2. The van der Waals surface area contributed by atoms with E-state index in [1.165, 1.54) is 0 Å². The Kier molecular flexibility index (Phi) is 8.05. The zero-order valence-corrected chi connectivity index (χ0v) is 27.9. The summed E-state index contributed by atoms with van der Waals surface area (Å²) in [7, 11) is 0. The maximum Gasteiger partial charge on any atom is 0.255 e. The van der Waals surface area contributed by atoms with Crippen molar-refractivity contribution in [2.45, 2.75) is 59.4 Å². The average Bonchev–Trinajstić information content (AvgIpc) is 3.26. The van der Waals surface area contributed by atoms with Gasteiger partial charge in [-0.1, -0.05) is 51.1 Å². The number of para-hydroxylation sites is 1. The molecular formula is C39H44N4O3. The van der Waals surface area contributed by atoms with Crippen LogP contribution in [0.15, 0.2) is 71.7 Å². The molecule has 0 saturated carbocycles. The number of amides is 1. The van der Waals surface area contributed by atoms with Gasteiger partial charge in [-0.05, 0) is 79.6 Å². The first-order valence-corrected chi connectivity index (χ1v) is 16.2. The molecule has 0 aliphatic carbocycles. The quantitative estimate of drug-likeness (QED) is 0.174. The number of phenolic OH excluding ortho intramolecular Hbond substituents is 1. The Bertz CT molecular complexity index is 1790. The van der Waals surface area contributed by atoms with Crippen LogP contribution in [0.1, 0.15) is 83.9 Å². The Morgan fingerprint density at radius 3 is 2.07 bits per heavy atom. The molecule has 238 valence electrons. The van der Waals surface area contributed by atoms with E-state index < -0.39 is 5.54 Å². The number of aryl methyl sites for hydroxylation is 2. The molecule has 3 N–H and O–H groups in total. The fourth-order valence-corrected chi connectivity index (χ4v) is 7.01. The minimum atomic E-state index is -0.911. The molecule has 0 radical (unpaired) electrons. The second kappa shape index (κ2) is 11.9. The van der Waals surface area contributed by atoms with E-state index in [9.17, 15) is 9.90 Å². The highest BCUT2D eigenvalue weighted by Crippen LogP contribution is 2.58. The van der Waals surface area contributed by atoms with Crippen molar-refractivity contribution in [3.8, 4) is 17.2 Å². The molecule has 1 spiro atoms. The van der Waals surface area contributed by atoms with Crippen LogP contribution in [0.25, 0.3) is 0 Å². The molecular weight excluding hydrogens is 572 g/mol. The van der Waals surface area contributed by atoms with Crippen molar-refractivity contribution in [2.24, 2.45) is 4.99 Å². The third-order valence-electron chi connectivity index (χ3n) is 9.14. The Hall–Kier alpha value is -4.78. The SMILES string of the molecule is CCNc1cc2c(cc1C)C1(c3cc(C)c(NCC)cc3O2)c2ccccc2C(=O)N1CCN=Cc1cccc(C(C)(C)C)c1O. The molecule has 0 atom stereocenters. The number of rotatable bonds is 8. The second-order valence-corrected chi connectivity index (χ2v) is 13.2. The molecule has 0 aromatic heterocycles. The minimum absolute atomic E-state index is 0.0380. The average molecular weight is 617 g/mol. The second-order valence-electron chi connectivity index (χ2n) is 13.2. The largest absolute Gasteiger partial charge is 0.507 e. The highest BCUT2D eigenvalue weighted by atomic mass is 16.5. The standard InChI is InChI=1S/C39H44N4O3/c1-8-41-32-21-34-30(19-24(32)3)39(31-20-25(4)33(42-9-2)22-35(31)46-34)28-15-11-10-14-27(28)37(45)43(39)18-17-40-23-26-13-12-16-29(36(26)44)38(5,6)7/h10-16,19-23,41-42,44H,8-9,17-18H2,1-7H3. The Labute approximate surface area is 272 Å². The Balaban J connectivity index is 1.50. The van der Waals surface area contributed by atoms with Crippen molar-refractivity contribution in [1.29, 1.82) is 0 Å². The summed E-state index contributed by atoms with van der Waals surface area (Å²) in [4.78, 5) is 21.2. The normalized spacial score (nSPS) is 14.7. The zero-order chi connectivity index (χ0) is 32.8. The van der Waals surface area contributed by atoms with Gasteiger partial charge in [0.05, 0.1) is 6.54 Å². The summed E-state index contributed by atoms with van der Waals surface area (Å²) in [6.45, 7) is 16.9. The summed E-state index contributed by atoms with van der Waals surface area (Å²) in [5, 5.41) is 17.9. The number of carbonyl (C=O) groups is 1. The van der Waals surface area contributed by atoms with Crippen molar-refractivity contribution in [3.63, 3.8) is 0 Å². The molecule has 2 aliphatic heterocycles. The first kappa shape index (κ1) is 31.2. The van der Waals surface area contributed by atoms with Crippen molar-refractivity contribution < 1.29 is 14.6 Å². The third kappa shape index (κ3) is 4.98. The lowest BCUT2D eigenvalue weighted by Crippen LogP contribution is -2.48. The van der Waals surface area contributed by atoms with Crippen molar-refractivity contribution in [3.05, 3.63) is 111 Å². The van der Waals surface area contributed by atoms with Crippen LogP contribution in [0, 0.1) is 13.8 Å². The number of ether oxygens (including phenoxy) is 1. The van der Waals surface area contributed by atoms with Crippen LogP contribution in [-0.2, 0) is 11.0 Å². The summed E-state index contributed by atoms with van der Waals surface area (Å²) < 4.78 is 6.71. The maximum absolute atomic E-state index is 14.4. The highest BCUT2D eigenvalue weighted by molar-refractivity contribution is 6.02. The van der Waals surface area contributed by atoms with Gasteiger partial charge in [0.25, 0.3) is 5.91 Å². The van der Waals surface area contributed by atoms with Crippen LogP contribution in [0.3, 0.4) is 0 Å². The van der Waals surface area contributed by atoms with Gasteiger partial charge < -0.3 is 25.4 Å². The third-order valence-corrected chi connectivity index (χ3v) is 9.14. The number of phenols is 1. The lowest BCUT2D eigenvalue weighted by atomic mass is 9.73. The van der Waals surface area contributed by atoms with Gasteiger partial charge in [-0.2, -0.15) is 0 Å². The summed E-state index contributed by atoms with van der Waals surface area (Å²) in [6.07, 6.45) is 1.72. The van der Waals surface area contributed by atoms with Gasteiger partial charge in [-0.3, -0.25) is 9.79 Å². The Morgan fingerprint density at radius 2 is 1.48 bits per heavy atom. The topological polar surface area (TPSA) is 86.2 Å². The van der Waals surface area contributed by atoms with E-state index in [0.717, 1.165) is 69.3 Å². The molecule has 7 heteroatoms. The van der Waals surface area contributed by atoms with Crippen LogP contribution in [0.2, 0.25) is 0 Å². The number of fused-ring (bicyclic) bond motifs is 6. The van der Waals surface area contributed by atoms with Crippen molar-refractivity contribution in [1.82, 2.24) is 4.90 Å². The Morgan fingerprint density at radius 1 is 0.870 bits per heavy atom. The molecule has 1 amide bonds. The molecule has 4 aromatic carbocycles. The first-order valence-electron chi connectivity index (χ1n) is 16.2. The number of benzene rings is 4.